The van der Waals surface area contributed by atoms with Crippen LogP contribution in [0.2, 0.25) is 0 Å². The first kappa shape index (κ1) is 18.9. The van der Waals surface area contributed by atoms with Crippen LogP contribution in [0.5, 0.6) is 0 Å². The monoisotopic (exact) mass is 405 g/mol. The van der Waals surface area contributed by atoms with Crippen molar-refractivity contribution >= 4 is 46.1 Å². The zero-order chi connectivity index (χ0) is 20.4. The molecule has 1 aromatic heterocycles. The molecule has 0 bridgehead atoms. The Morgan fingerprint density at radius 2 is 1.83 bits per heavy atom. The zero-order valence-electron chi connectivity index (χ0n) is 15.7. The minimum Gasteiger partial charge on any atom is -0.326 e. The van der Waals surface area contributed by atoms with Crippen molar-refractivity contribution in [3.8, 4) is 0 Å². The third-order valence-corrected chi connectivity index (χ3v) is 5.56. The summed E-state index contributed by atoms with van der Waals surface area (Å²) < 4.78 is 0. The highest BCUT2D eigenvalue weighted by atomic mass is 32.1. The molecule has 4 rings (SSSR count). The molecule has 0 saturated carbocycles. The average Bonchev–Trinajstić information content (AvgIpc) is 3.25. The van der Waals surface area contributed by atoms with Crippen LogP contribution in [0.4, 0.5) is 17.1 Å². The molecule has 3 amide bonds. The van der Waals surface area contributed by atoms with Gasteiger partial charge in [-0.2, -0.15) is 0 Å². The topological polar surface area (TPSA) is 78.5 Å². The molecule has 0 radical (unpaired) electrons. The smallest absolute Gasteiger partial charge is 0.269 e. The maximum absolute atomic E-state index is 13.2. The first-order valence-corrected chi connectivity index (χ1v) is 10.0. The van der Waals surface area contributed by atoms with Crippen LogP contribution in [-0.2, 0) is 9.59 Å². The van der Waals surface area contributed by atoms with Crippen LogP contribution in [0.25, 0.3) is 0 Å². The third kappa shape index (κ3) is 3.90. The Labute approximate surface area is 172 Å². The van der Waals surface area contributed by atoms with E-state index in [0.717, 1.165) is 5.56 Å². The number of nitrogens with zero attached hydrogens (tertiary/aromatic N) is 1. The lowest BCUT2D eigenvalue weighted by molar-refractivity contribution is -0.122. The molecule has 2 heterocycles. The molecule has 0 saturated heterocycles. The number of para-hydroxylation sites is 2. The summed E-state index contributed by atoms with van der Waals surface area (Å²) in [6, 6.07) is 17.1. The summed E-state index contributed by atoms with van der Waals surface area (Å²) in [5.74, 6) is -1.01. The van der Waals surface area contributed by atoms with Gasteiger partial charge in [0, 0.05) is 5.69 Å². The second-order valence-electron chi connectivity index (χ2n) is 6.79. The van der Waals surface area contributed by atoms with Crippen molar-refractivity contribution in [1.82, 2.24) is 0 Å². The first-order chi connectivity index (χ1) is 14.0. The minimum atomic E-state index is -0.940. The van der Waals surface area contributed by atoms with E-state index in [1.54, 1.807) is 48.5 Å². The van der Waals surface area contributed by atoms with Gasteiger partial charge in [0.1, 0.15) is 6.04 Å². The molecule has 0 fully saturated rings. The number of carbonyl (C=O) groups excluding carboxylic acids is 3. The standard InChI is InChI=1S/C22H19N3O3S/c1-14-8-10-15(11-9-14)23-20(26)13-18-21(27)24-16-5-2-3-6-17(16)25(18)22(28)19-7-4-12-29-19/h2-12,18H,13H2,1H3,(H,23,26)(H,24,27)/t18-/m1/s1. The summed E-state index contributed by atoms with van der Waals surface area (Å²) in [5, 5.41) is 7.42. The molecule has 2 aromatic carbocycles. The highest BCUT2D eigenvalue weighted by Crippen LogP contribution is 2.34. The van der Waals surface area contributed by atoms with Crippen LogP contribution >= 0.6 is 11.3 Å². The minimum absolute atomic E-state index is 0.148. The van der Waals surface area contributed by atoms with Gasteiger partial charge in [0.2, 0.25) is 11.8 Å². The molecule has 0 spiro atoms. The molecule has 1 aliphatic heterocycles. The molecule has 3 aromatic rings. The third-order valence-electron chi connectivity index (χ3n) is 4.70. The molecule has 0 unspecified atom stereocenters. The van der Waals surface area contributed by atoms with E-state index in [4.69, 9.17) is 0 Å². The number of carbonyl (C=O) groups is 3. The summed E-state index contributed by atoms with van der Waals surface area (Å²) >= 11 is 1.30. The second-order valence-corrected chi connectivity index (χ2v) is 7.74. The number of nitrogens with one attached hydrogen (secondary N) is 2. The normalized spacial score (nSPS) is 15.4. The Bertz CT molecular complexity index is 1060. The number of rotatable bonds is 4. The lowest BCUT2D eigenvalue weighted by Gasteiger charge is -2.35. The number of anilines is 3. The zero-order valence-corrected chi connectivity index (χ0v) is 16.5. The van der Waals surface area contributed by atoms with E-state index in [1.165, 1.54) is 16.2 Å². The summed E-state index contributed by atoms with van der Waals surface area (Å²) in [5.41, 5.74) is 2.86. The van der Waals surface area contributed by atoms with Gasteiger partial charge in [-0.3, -0.25) is 19.3 Å². The van der Waals surface area contributed by atoms with Crippen molar-refractivity contribution in [2.45, 2.75) is 19.4 Å². The van der Waals surface area contributed by atoms with E-state index in [0.29, 0.717) is 21.9 Å². The predicted molar refractivity (Wildman–Crippen MR) is 114 cm³/mol. The SMILES string of the molecule is Cc1ccc(NC(=O)C[C@@H]2C(=O)Nc3ccccc3N2C(=O)c2cccs2)cc1. The summed E-state index contributed by atoms with van der Waals surface area (Å²) in [6.45, 7) is 1.96. The Balaban J connectivity index is 1.62. The van der Waals surface area contributed by atoms with Gasteiger partial charge in [0.15, 0.2) is 0 Å². The van der Waals surface area contributed by atoms with Crippen molar-refractivity contribution in [3.63, 3.8) is 0 Å². The maximum atomic E-state index is 13.2. The van der Waals surface area contributed by atoms with Gasteiger partial charge in [-0.1, -0.05) is 35.9 Å². The predicted octanol–water partition coefficient (Wildman–Crippen LogP) is 4.05. The van der Waals surface area contributed by atoms with Gasteiger partial charge in [-0.25, -0.2) is 0 Å². The highest BCUT2D eigenvalue weighted by Gasteiger charge is 2.38. The van der Waals surface area contributed by atoms with Gasteiger partial charge in [0.05, 0.1) is 22.7 Å². The molecule has 7 heteroatoms. The molecule has 1 aliphatic rings. The van der Waals surface area contributed by atoms with Crippen molar-refractivity contribution < 1.29 is 14.4 Å². The number of hydrogen-bond donors (Lipinski definition) is 2. The van der Waals surface area contributed by atoms with Crippen LogP contribution in [0.15, 0.2) is 66.0 Å². The number of fused-ring (bicyclic) bond motifs is 1. The van der Waals surface area contributed by atoms with Crippen molar-refractivity contribution in [1.29, 1.82) is 0 Å². The average molecular weight is 405 g/mol. The Morgan fingerprint density at radius 3 is 2.55 bits per heavy atom. The largest absolute Gasteiger partial charge is 0.326 e. The van der Waals surface area contributed by atoms with E-state index in [-0.39, 0.29) is 24.1 Å². The number of benzene rings is 2. The molecular weight excluding hydrogens is 386 g/mol. The van der Waals surface area contributed by atoms with E-state index < -0.39 is 6.04 Å². The first-order valence-electron chi connectivity index (χ1n) is 9.16. The summed E-state index contributed by atoms with van der Waals surface area (Å²) in [7, 11) is 0. The van der Waals surface area contributed by atoms with Crippen LogP contribution < -0.4 is 15.5 Å². The summed E-state index contributed by atoms with van der Waals surface area (Å²) in [6.07, 6.45) is -0.148. The molecule has 146 valence electrons. The fourth-order valence-corrected chi connectivity index (χ4v) is 3.93. The van der Waals surface area contributed by atoms with Crippen LogP contribution in [-0.4, -0.2) is 23.8 Å². The van der Waals surface area contributed by atoms with Crippen LogP contribution in [0.1, 0.15) is 21.7 Å². The van der Waals surface area contributed by atoms with Gasteiger partial charge in [0.25, 0.3) is 5.91 Å². The number of amides is 3. The second kappa shape index (κ2) is 7.89. The van der Waals surface area contributed by atoms with Gasteiger partial charge in [-0.15, -0.1) is 11.3 Å². The molecule has 2 N–H and O–H groups in total. The van der Waals surface area contributed by atoms with E-state index >= 15 is 0 Å². The van der Waals surface area contributed by atoms with E-state index in [2.05, 4.69) is 10.6 Å². The fourth-order valence-electron chi connectivity index (χ4n) is 3.27. The quantitative estimate of drug-likeness (QED) is 0.687. The molecule has 29 heavy (non-hydrogen) atoms. The number of hydrogen-bond acceptors (Lipinski definition) is 4. The van der Waals surface area contributed by atoms with E-state index in [1.807, 2.05) is 24.4 Å². The van der Waals surface area contributed by atoms with Crippen LogP contribution in [0, 0.1) is 6.92 Å². The molecule has 1 atom stereocenters. The fraction of sp³-hybridized carbons (Fsp3) is 0.136. The molecular formula is C22H19N3O3S. The van der Waals surface area contributed by atoms with Crippen molar-refractivity contribution in [3.05, 3.63) is 76.5 Å². The number of thiophene rings is 1. The lowest BCUT2D eigenvalue weighted by atomic mass is 10.0. The van der Waals surface area contributed by atoms with Crippen LogP contribution in [0.3, 0.4) is 0 Å². The van der Waals surface area contributed by atoms with Crippen molar-refractivity contribution in [2.75, 3.05) is 15.5 Å². The van der Waals surface area contributed by atoms with Gasteiger partial charge >= 0.3 is 0 Å². The molecule has 0 aliphatic carbocycles. The Hall–Kier alpha value is -3.45. The summed E-state index contributed by atoms with van der Waals surface area (Å²) in [4.78, 5) is 40.6. The van der Waals surface area contributed by atoms with Gasteiger partial charge < -0.3 is 10.6 Å². The highest BCUT2D eigenvalue weighted by molar-refractivity contribution is 7.12. The number of aryl methyl sites for hydroxylation is 1. The Kier molecular flexibility index (Phi) is 5.14. The van der Waals surface area contributed by atoms with Gasteiger partial charge in [-0.05, 0) is 42.6 Å². The van der Waals surface area contributed by atoms with E-state index in [9.17, 15) is 14.4 Å². The Morgan fingerprint density at radius 1 is 1.07 bits per heavy atom. The lowest BCUT2D eigenvalue weighted by Crippen LogP contribution is -2.52. The van der Waals surface area contributed by atoms with Crippen molar-refractivity contribution in [2.24, 2.45) is 0 Å². The maximum Gasteiger partial charge on any atom is 0.269 e. The molecule has 6 nitrogen and oxygen atoms in total.